The van der Waals surface area contributed by atoms with E-state index in [9.17, 15) is 0 Å². The molecule has 0 bridgehead atoms. The Kier molecular flexibility index (Phi) is 3.82. The second kappa shape index (κ2) is 5.15. The van der Waals surface area contributed by atoms with Crippen molar-refractivity contribution in [2.24, 2.45) is 0 Å². The molecule has 0 aliphatic heterocycles. The summed E-state index contributed by atoms with van der Waals surface area (Å²) >= 11 is 3.49. The average molecular weight is 285 g/mol. The van der Waals surface area contributed by atoms with Crippen LogP contribution < -0.4 is 4.74 Å². The van der Waals surface area contributed by atoms with Crippen LogP contribution in [-0.2, 0) is 0 Å². The van der Waals surface area contributed by atoms with Crippen LogP contribution in [0.2, 0.25) is 0 Å². The van der Waals surface area contributed by atoms with Gasteiger partial charge < -0.3 is 9.64 Å². The normalized spacial score (nSPS) is 15.5. The van der Waals surface area contributed by atoms with E-state index in [1.54, 1.807) is 6.20 Å². The maximum absolute atomic E-state index is 5.67. The Morgan fingerprint density at radius 3 is 3.00 bits per heavy atom. The lowest BCUT2D eigenvalue weighted by Crippen LogP contribution is -2.26. The van der Waals surface area contributed by atoms with Crippen molar-refractivity contribution in [1.29, 1.82) is 0 Å². The first-order valence-corrected chi connectivity index (χ1v) is 6.42. The molecule has 1 heterocycles. The molecule has 1 fully saturated rings. The summed E-state index contributed by atoms with van der Waals surface area (Å²) < 4.78 is 6.63. The van der Waals surface area contributed by atoms with Crippen LogP contribution in [0.1, 0.15) is 18.4 Å². The topological polar surface area (TPSA) is 25.4 Å². The minimum absolute atomic E-state index is 0.696. The van der Waals surface area contributed by atoms with E-state index in [0.29, 0.717) is 12.5 Å². The third-order valence-corrected chi connectivity index (χ3v) is 3.87. The number of nitrogens with zero attached hydrogens (tertiary/aromatic N) is 2. The fourth-order valence-electron chi connectivity index (χ4n) is 1.60. The van der Waals surface area contributed by atoms with Crippen LogP contribution in [0.4, 0.5) is 0 Å². The monoisotopic (exact) mass is 284 g/mol. The molecule has 88 valence electrons. The highest BCUT2D eigenvalue weighted by atomic mass is 79.9. The zero-order chi connectivity index (χ0) is 11.5. The van der Waals surface area contributed by atoms with E-state index in [4.69, 9.17) is 4.74 Å². The van der Waals surface area contributed by atoms with E-state index in [2.05, 4.69) is 32.9 Å². The molecule has 4 heteroatoms. The summed E-state index contributed by atoms with van der Waals surface area (Å²) in [4.78, 5) is 6.56. The predicted molar refractivity (Wildman–Crippen MR) is 67.8 cm³/mol. The van der Waals surface area contributed by atoms with Crippen LogP contribution in [-0.4, -0.2) is 36.1 Å². The van der Waals surface area contributed by atoms with Crippen molar-refractivity contribution >= 4 is 15.9 Å². The van der Waals surface area contributed by atoms with Gasteiger partial charge in [0.25, 0.3) is 0 Å². The van der Waals surface area contributed by atoms with Gasteiger partial charge in [-0.1, -0.05) is 0 Å². The number of likely N-dealkylation sites (N-methyl/N-ethyl adjacent to an activating group) is 1. The van der Waals surface area contributed by atoms with Crippen molar-refractivity contribution in [3.8, 4) is 5.88 Å². The van der Waals surface area contributed by atoms with Crippen molar-refractivity contribution in [2.75, 3.05) is 20.2 Å². The van der Waals surface area contributed by atoms with Gasteiger partial charge in [0.1, 0.15) is 6.61 Å². The Bertz CT molecular complexity index is 366. The van der Waals surface area contributed by atoms with Gasteiger partial charge in [-0.05, 0) is 54.4 Å². The average Bonchev–Trinajstić information content (AvgIpc) is 3.07. The smallest absolute Gasteiger partial charge is 0.228 e. The number of aryl methyl sites for hydroxylation is 1. The van der Waals surface area contributed by atoms with E-state index in [-0.39, 0.29) is 0 Å². The number of pyridine rings is 1. The fourth-order valence-corrected chi connectivity index (χ4v) is 1.95. The van der Waals surface area contributed by atoms with Crippen LogP contribution in [0.5, 0.6) is 5.88 Å². The summed E-state index contributed by atoms with van der Waals surface area (Å²) in [5, 5.41) is 0. The van der Waals surface area contributed by atoms with Gasteiger partial charge in [-0.25, -0.2) is 4.98 Å². The number of rotatable bonds is 5. The molecule has 0 unspecified atom stereocenters. The van der Waals surface area contributed by atoms with Gasteiger partial charge >= 0.3 is 0 Å². The standard InChI is InChI=1S/C12H17BrN2O/c1-9-5-6-14-12(11(9)13)16-8-7-15(2)10-3-4-10/h5-6,10H,3-4,7-8H2,1-2H3. The number of hydrogen-bond donors (Lipinski definition) is 0. The first-order valence-electron chi connectivity index (χ1n) is 5.62. The quantitative estimate of drug-likeness (QED) is 0.831. The molecular weight excluding hydrogens is 268 g/mol. The molecule has 0 atom stereocenters. The highest BCUT2D eigenvalue weighted by molar-refractivity contribution is 9.10. The van der Waals surface area contributed by atoms with Gasteiger partial charge in [-0.15, -0.1) is 0 Å². The molecule has 1 aromatic rings. The van der Waals surface area contributed by atoms with Crippen molar-refractivity contribution < 1.29 is 4.74 Å². The summed E-state index contributed by atoms with van der Waals surface area (Å²) in [6, 6.07) is 2.75. The van der Waals surface area contributed by atoms with E-state index < -0.39 is 0 Å². The number of halogens is 1. The molecule has 3 nitrogen and oxygen atoms in total. The largest absolute Gasteiger partial charge is 0.475 e. The van der Waals surface area contributed by atoms with Gasteiger partial charge in [0, 0.05) is 18.8 Å². The van der Waals surface area contributed by atoms with E-state index in [1.807, 2.05) is 13.0 Å². The molecule has 0 N–H and O–H groups in total. The molecule has 1 saturated carbocycles. The minimum Gasteiger partial charge on any atom is -0.475 e. The van der Waals surface area contributed by atoms with E-state index in [0.717, 1.165) is 22.6 Å². The molecule has 1 aliphatic carbocycles. The van der Waals surface area contributed by atoms with Crippen molar-refractivity contribution in [3.05, 3.63) is 22.3 Å². The van der Waals surface area contributed by atoms with Crippen LogP contribution in [0.25, 0.3) is 0 Å². The third-order valence-electron chi connectivity index (χ3n) is 2.90. The SMILES string of the molecule is Cc1ccnc(OCCN(C)C2CC2)c1Br. The van der Waals surface area contributed by atoms with Gasteiger partial charge in [-0.2, -0.15) is 0 Å². The summed E-state index contributed by atoms with van der Waals surface area (Å²) in [6.07, 6.45) is 4.45. The van der Waals surface area contributed by atoms with Crippen molar-refractivity contribution in [1.82, 2.24) is 9.88 Å². The first kappa shape index (κ1) is 11.9. The molecule has 0 radical (unpaired) electrons. The minimum atomic E-state index is 0.696. The second-order valence-electron chi connectivity index (χ2n) is 4.31. The molecular formula is C12H17BrN2O. The van der Waals surface area contributed by atoms with Crippen LogP contribution in [0.15, 0.2) is 16.7 Å². The Labute approximate surface area is 105 Å². The Balaban J connectivity index is 1.82. The Morgan fingerprint density at radius 2 is 2.31 bits per heavy atom. The molecule has 0 aromatic carbocycles. The highest BCUT2D eigenvalue weighted by Gasteiger charge is 2.25. The zero-order valence-corrected chi connectivity index (χ0v) is 11.3. The fraction of sp³-hybridized carbons (Fsp3) is 0.583. The third kappa shape index (κ3) is 2.95. The maximum Gasteiger partial charge on any atom is 0.228 e. The lowest BCUT2D eigenvalue weighted by atomic mass is 10.3. The Hall–Kier alpha value is -0.610. The molecule has 1 aromatic heterocycles. The predicted octanol–water partition coefficient (Wildman–Crippen LogP) is 2.63. The Morgan fingerprint density at radius 1 is 1.56 bits per heavy atom. The molecule has 16 heavy (non-hydrogen) atoms. The number of aromatic nitrogens is 1. The van der Waals surface area contributed by atoms with E-state index >= 15 is 0 Å². The van der Waals surface area contributed by atoms with Gasteiger partial charge in [-0.3, -0.25) is 0 Å². The van der Waals surface area contributed by atoms with Crippen LogP contribution in [0.3, 0.4) is 0 Å². The van der Waals surface area contributed by atoms with Crippen LogP contribution in [0, 0.1) is 6.92 Å². The summed E-state index contributed by atoms with van der Waals surface area (Å²) in [5.41, 5.74) is 1.15. The lowest BCUT2D eigenvalue weighted by molar-refractivity contribution is 0.225. The molecule has 2 rings (SSSR count). The van der Waals surface area contributed by atoms with Crippen molar-refractivity contribution in [2.45, 2.75) is 25.8 Å². The molecule has 0 spiro atoms. The zero-order valence-electron chi connectivity index (χ0n) is 9.74. The molecule has 1 aliphatic rings. The number of hydrogen-bond acceptors (Lipinski definition) is 3. The first-order chi connectivity index (χ1) is 7.68. The molecule has 0 saturated heterocycles. The summed E-state index contributed by atoms with van der Waals surface area (Å²) in [5.74, 6) is 0.698. The van der Waals surface area contributed by atoms with E-state index in [1.165, 1.54) is 12.8 Å². The van der Waals surface area contributed by atoms with Gasteiger partial charge in [0.05, 0.1) is 4.47 Å². The highest BCUT2D eigenvalue weighted by Crippen LogP contribution is 2.26. The summed E-state index contributed by atoms with van der Waals surface area (Å²) in [7, 11) is 2.15. The maximum atomic E-state index is 5.67. The second-order valence-corrected chi connectivity index (χ2v) is 5.10. The van der Waals surface area contributed by atoms with Gasteiger partial charge in [0.2, 0.25) is 5.88 Å². The van der Waals surface area contributed by atoms with Gasteiger partial charge in [0.15, 0.2) is 0 Å². The van der Waals surface area contributed by atoms with Crippen LogP contribution >= 0.6 is 15.9 Å². The lowest BCUT2D eigenvalue weighted by Gasteiger charge is -2.16. The number of ether oxygens (including phenoxy) is 1. The van der Waals surface area contributed by atoms with Crippen molar-refractivity contribution in [3.63, 3.8) is 0 Å². The summed E-state index contributed by atoms with van der Waals surface area (Å²) in [6.45, 7) is 3.70. The molecule has 0 amide bonds.